The van der Waals surface area contributed by atoms with Gasteiger partial charge in [-0.1, -0.05) is 11.6 Å². The number of methoxy groups -OCH3 is 1. The summed E-state index contributed by atoms with van der Waals surface area (Å²) in [6.07, 6.45) is 0.334. The summed E-state index contributed by atoms with van der Waals surface area (Å²) in [5.41, 5.74) is 6.62. The summed E-state index contributed by atoms with van der Waals surface area (Å²) in [5, 5.41) is 3.38. The van der Waals surface area contributed by atoms with Crippen molar-refractivity contribution in [3.63, 3.8) is 0 Å². The van der Waals surface area contributed by atoms with Gasteiger partial charge in [0.25, 0.3) is 0 Å². The van der Waals surface area contributed by atoms with E-state index in [1.165, 1.54) is 0 Å². The lowest BCUT2D eigenvalue weighted by Crippen LogP contribution is -2.27. The molecule has 4 nitrogen and oxygen atoms in total. The number of rotatable bonds is 6. The zero-order valence-electron chi connectivity index (χ0n) is 10.7. The molecule has 1 aromatic rings. The normalized spacial score (nSPS) is 12.0. The number of ether oxygens (including phenoxy) is 1. The van der Waals surface area contributed by atoms with Crippen molar-refractivity contribution in [2.45, 2.75) is 19.3 Å². The second-order valence-corrected chi connectivity index (χ2v) is 4.41. The Morgan fingerprint density at radius 1 is 1.56 bits per heavy atom. The molecule has 3 N–H and O–H groups in total. The Labute approximate surface area is 112 Å². The number of halogens is 1. The summed E-state index contributed by atoms with van der Waals surface area (Å²) >= 11 is 5.98. The lowest BCUT2D eigenvalue weighted by atomic mass is 9.94. The van der Waals surface area contributed by atoms with E-state index in [0.717, 1.165) is 5.56 Å². The summed E-state index contributed by atoms with van der Waals surface area (Å²) in [4.78, 5) is 11.6. The number of carbonyl (C=O) groups excluding carboxylic acids is 1. The highest BCUT2D eigenvalue weighted by Crippen LogP contribution is 2.30. The van der Waals surface area contributed by atoms with Gasteiger partial charge in [0.05, 0.1) is 7.11 Å². The SMILES string of the molecule is CCNC(=O)CC(CN)c1cc(Cl)ccc1OC. The van der Waals surface area contributed by atoms with Crippen molar-refractivity contribution in [2.75, 3.05) is 20.2 Å². The molecule has 0 fully saturated rings. The van der Waals surface area contributed by atoms with Gasteiger partial charge in [0, 0.05) is 29.5 Å². The largest absolute Gasteiger partial charge is 0.496 e. The summed E-state index contributed by atoms with van der Waals surface area (Å²) in [5.74, 6) is 0.597. The van der Waals surface area contributed by atoms with Gasteiger partial charge < -0.3 is 15.8 Å². The van der Waals surface area contributed by atoms with Crippen LogP contribution in [0.25, 0.3) is 0 Å². The summed E-state index contributed by atoms with van der Waals surface area (Å²) in [6.45, 7) is 2.87. The van der Waals surface area contributed by atoms with Crippen LogP contribution in [0.1, 0.15) is 24.8 Å². The Morgan fingerprint density at radius 2 is 2.28 bits per heavy atom. The molecule has 0 saturated heterocycles. The number of benzene rings is 1. The van der Waals surface area contributed by atoms with Crippen molar-refractivity contribution < 1.29 is 9.53 Å². The van der Waals surface area contributed by atoms with Gasteiger partial charge in [0.2, 0.25) is 5.91 Å². The van der Waals surface area contributed by atoms with Crippen molar-refractivity contribution in [2.24, 2.45) is 5.73 Å². The van der Waals surface area contributed by atoms with E-state index in [-0.39, 0.29) is 11.8 Å². The maximum atomic E-state index is 11.6. The first kappa shape index (κ1) is 14.8. The molecular formula is C13H19ClN2O2. The monoisotopic (exact) mass is 270 g/mol. The van der Waals surface area contributed by atoms with Crippen LogP contribution in [0, 0.1) is 0 Å². The summed E-state index contributed by atoms with van der Waals surface area (Å²) in [7, 11) is 1.59. The van der Waals surface area contributed by atoms with Crippen LogP contribution in [0.3, 0.4) is 0 Å². The Bertz CT molecular complexity index is 410. The molecular weight excluding hydrogens is 252 g/mol. The fourth-order valence-corrected chi connectivity index (χ4v) is 2.02. The number of carbonyl (C=O) groups is 1. The van der Waals surface area contributed by atoms with Crippen molar-refractivity contribution >= 4 is 17.5 Å². The van der Waals surface area contributed by atoms with E-state index in [9.17, 15) is 4.79 Å². The fraction of sp³-hybridized carbons (Fsp3) is 0.462. The number of nitrogens with one attached hydrogen (secondary N) is 1. The highest BCUT2D eigenvalue weighted by atomic mass is 35.5. The molecule has 0 aliphatic carbocycles. The molecule has 1 aromatic carbocycles. The van der Waals surface area contributed by atoms with Crippen LogP contribution in [-0.2, 0) is 4.79 Å². The molecule has 0 spiro atoms. The second kappa shape index (κ2) is 7.24. The van der Waals surface area contributed by atoms with Crippen molar-refractivity contribution in [1.29, 1.82) is 0 Å². The molecule has 1 amide bonds. The maximum absolute atomic E-state index is 11.6. The van der Waals surface area contributed by atoms with E-state index in [0.29, 0.717) is 30.3 Å². The van der Waals surface area contributed by atoms with Gasteiger partial charge in [0.15, 0.2) is 0 Å². The molecule has 0 heterocycles. The first-order valence-corrected chi connectivity index (χ1v) is 6.30. The van der Waals surface area contributed by atoms with Gasteiger partial charge in [0.1, 0.15) is 5.75 Å². The van der Waals surface area contributed by atoms with Crippen molar-refractivity contribution in [3.8, 4) is 5.75 Å². The quantitative estimate of drug-likeness (QED) is 0.830. The van der Waals surface area contributed by atoms with Gasteiger partial charge in [-0.2, -0.15) is 0 Å². The lowest BCUT2D eigenvalue weighted by molar-refractivity contribution is -0.121. The first-order valence-electron chi connectivity index (χ1n) is 5.92. The summed E-state index contributed by atoms with van der Waals surface area (Å²) in [6, 6.07) is 5.35. The molecule has 100 valence electrons. The number of hydrogen-bond donors (Lipinski definition) is 2. The van der Waals surface area contributed by atoms with Crippen LogP contribution in [-0.4, -0.2) is 26.1 Å². The van der Waals surface area contributed by atoms with Crippen LogP contribution >= 0.6 is 11.6 Å². The zero-order chi connectivity index (χ0) is 13.5. The van der Waals surface area contributed by atoms with E-state index < -0.39 is 0 Å². The smallest absolute Gasteiger partial charge is 0.220 e. The standard InChI is InChI=1S/C13H19ClN2O2/c1-3-16-13(17)6-9(8-15)11-7-10(14)4-5-12(11)18-2/h4-5,7,9H,3,6,8,15H2,1-2H3,(H,16,17). The predicted molar refractivity (Wildman–Crippen MR) is 73.1 cm³/mol. The average Bonchev–Trinajstić information content (AvgIpc) is 2.36. The van der Waals surface area contributed by atoms with E-state index in [4.69, 9.17) is 22.1 Å². The molecule has 0 aliphatic rings. The molecule has 1 rings (SSSR count). The molecule has 1 unspecified atom stereocenters. The minimum atomic E-state index is -0.0924. The van der Waals surface area contributed by atoms with Crippen LogP contribution < -0.4 is 15.8 Å². The summed E-state index contributed by atoms with van der Waals surface area (Å²) < 4.78 is 5.28. The van der Waals surface area contributed by atoms with Crippen molar-refractivity contribution in [1.82, 2.24) is 5.32 Å². The number of amides is 1. The highest BCUT2D eigenvalue weighted by molar-refractivity contribution is 6.30. The lowest BCUT2D eigenvalue weighted by Gasteiger charge is -2.18. The van der Waals surface area contributed by atoms with Gasteiger partial charge in [-0.05, 0) is 31.7 Å². The molecule has 0 aromatic heterocycles. The third-order valence-corrected chi connectivity index (χ3v) is 2.96. The van der Waals surface area contributed by atoms with E-state index >= 15 is 0 Å². The van der Waals surface area contributed by atoms with Crippen LogP contribution in [0.15, 0.2) is 18.2 Å². The minimum Gasteiger partial charge on any atom is -0.496 e. The Morgan fingerprint density at radius 3 is 2.83 bits per heavy atom. The third-order valence-electron chi connectivity index (χ3n) is 2.72. The van der Waals surface area contributed by atoms with Crippen LogP contribution in [0.5, 0.6) is 5.75 Å². The van der Waals surface area contributed by atoms with Gasteiger partial charge >= 0.3 is 0 Å². The topological polar surface area (TPSA) is 64.4 Å². The number of nitrogens with two attached hydrogens (primary N) is 1. The first-order chi connectivity index (χ1) is 8.62. The van der Waals surface area contributed by atoms with Crippen LogP contribution in [0.2, 0.25) is 5.02 Å². The van der Waals surface area contributed by atoms with Gasteiger partial charge in [-0.15, -0.1) is 0 Å². The molecule has 0 aliphatic heterocycles. The van der Waals surface area contributed by atoms with Crippen LogP contribution in [0.4, 0.5) is 0 Å². The van der Waals surface area contributed by atoms with E-state index in [1.54, 1.807) is 25.3 Å². The number of hydrogen-bond acceptors (Lipinski definition) is 3. The molecule has 0 radical (unpaired) electrons. The minimum absolute atomic E-state index is 0.0185. The Hall–Kier alpha value is -1.26. The molecule has 1 atom stereocenters. The fourth-order valence-electron chi connectivity index (χ4n) is 1.84. The van der Waals surface area contributed by atoms with Gasteiger partial charge in [-0.25, -0.2) is 0 Å². The molecule has 18 heavy (non-hydrogen) atoms. The average molecular weight is 271 g/mol. The predicted octanol–water partition coefficient (Wildman–Crippen LogP) is 1.92. The Kier molecular flexibility index (Phi) is 5.95. The van der Waals surface area contributed by atoms with Crippen molar-refractivity contribution in [3.05, 3.63) is 28.8 Å². The third kappa shape index (κ3) is 3.89. The van der Waals surface area contributed by atoms with E-state index in [1.807, 2.05) is 6.92 Å². The Balaban J connectivity index is 2.93. The zero-order valence-corrected chi connectivity index (χ0v) is 11.5. The van der Waals surface area contributed by atoms with E-state index in [2.05, 4.69) is 5.32 Å². The molecule has 5 heteroatoms. The second-order valence-electron chi connectivity index (χ2n) is 3.98. The molecule has 0 saturated carbocycles. The maximum Gasteiger partial charge on any atom is 0.220 e. The molecule has 0 bridgehead atoms. The van der Waals surface area contributed by atoms with Gasteiger partial charge in [-0.3, -0.25) is 4.79 Å². The highest BCUT2D eigenvalue weighted by Gasteiger charge is 2.18.